The first-order valence-corrected chi connectivity index (χ1v) is 12.5. The molecule has 2 N–H and O–H groups in total. The summed E-state index contributed by atoms with van der Waals surface area (Å²) >= 11 is 2.70. The molecule has 0 bridgehead atoms. The van der Waals surface area contributed by atoms with Gasteiger partial charge in [0, 0.05) is 17.1 Å². The van der Waals surface area contributed by atoms with Gasteiger partial charge in [-0.05, 0) is 64.9 Å². The van der Waals surface area contributed by atoms with Crippen LogP contribution in [0.4, 0.5) is 0 Å². The van der Waals surface area contributed by atoms with E-state index >= 15 is 0 Å². The summed E-state index contributed by atoms with van der Waals surface area (Å²) in [6.07, 6.45) is 0.956. The maximum atomic E-state index is 12.9. The average molecular weight is 489 g/mol. The number of carbonyl (C=O) groups excluding carboxylic acids is 2. The van der Waals surface area contributed by atoms with Crippen LogP contribution in [0.2, 0.25) is 0 Å². The van der Waals surface area contributed by atoms with Gasteiger partial charge >= 0.3 is 5.97 Å². The number of fused-ring (bicyclic) bond motifs is 1. The SMILES string of the molecule is CCC(C)c1cccc(C(=O)NC2C(=O)N3C(C(=O)O)=C(CSn4nnnc4C)CS[C@H]23)c1. The molecule has 1 aromatic carbocycles. The smallest absolute Gasteiger partial charge is 0.352 e. The Morgan fingerprint density at radius 3 is 2.85 bits per heavy atom. The number of tetrazole rings is 1. The van der Waals surface area contributed by atoms with Gasteiger partial charge < -0.3 is 10.4 Å². The van der Waals surface area contributed by atoms with Crippen molar-refractivity contribution in [3.8, 4) is 0 Å². The lowest BCUT2D eigenvalue weighted by atomic mass is 9.96. The highest BCUT2D eigenvalue weighted by molar-refractivity contribution is 8.00. The van der Waals surface area contributed by atoms with E-state index in [0.29, 0.717) is 34.4 Å². The van der Waals surface area contributed by atoms with Crippen LogP contribution in [0.5, 0.6) is 0 Å². The van der Waals surface area contributed by atoms with Crippen LogP contribution in [0.15, 0.2) is 35.5 Å². The van der Waals surface area contributed by atoms with Crippen molar-refractivity contribution in [2.24, 2.45) is 0 Å². The normalized spacial score (nSPS) is 20.8. The van der Waals surface area contributed by atoms with E-state index < -0.39 is 23.3 Å². The Morgan fingerprint density at radius 1 is 1.39 bits per heavy atom. The minimum Gasteiger partial charge on any atom is -0.477 e. The fraction of sp³-hybridized carbons (Fsp3) is 0.429. The number of carboxylic acid groups (broad SMARTS) is 1. The summed E-state index contributed by atoms with van der Waals surface area (Å²) in [7, 11) is 0. The molecule has 1 saturated heterocycles. The van der Waals surface area contributed by atoms with E-state index in [2.05, 4.69) is 34.7 Å². The molecule has 0 radical (unpaired) electrons. The molecule has 0 spiro atoms. The van der Waals surface area contributed by atoms with Gasteiger partial charge in [-0.25, -0.2) is 4.79 Å². The summed E-state index contributed by atoms with van der Waals surface area (Å²) in [5, 5.41) is 23.4. The Morgan fingerprint density at radius 2 is 2.18 bits per heavy atom. The first-order valence-electron chi connectivity index (χ1n) is 10.5. The predicted molar refractivity (Wildman–Crippen MR) is 125 cm³/mol. The lowest BCUT2D eigenvalue weighted by molar-refractivity contribution is -0.148. The van der Waals surface area contributed by atoms with E-state index in [0.717, 1.165) is 12.0 Å². The molecule has 2 amide bonds. The Bertz CT molecular complexity index is 1130. The number of β-lactam (4-membered cyclic amide) rings is 1. The second-order valence-electron chi connectivity index (χ2n) is 7.93. The Labute approximate surface area is 199 Å². The summed E-state index contributed by atoms with van der Waals surface area (Å²) in [5.74, 6) is -0.240. The largest absolute Gasteiger partial charge is 0.477 e. The molecule has 3 atom stereocenters. The highest BCUT2D eigenvalue weighted by Crippen LogP contribution is 2.41. The van der Waals surface area contributed by atoms with Gasteiger partial charge in [0.2, 0.25) is 0 Å². The second-order valence-corrected chi connectivity index (χ2v) is 9.92. The molecule has 0 saturated carbocycles. The van der Waals surface area contributed by atoms with Crippen LogP contribution in [0.25, 0.3) is 0 Å². The van der Waals surface area contributed by atoms with Crippen molar-refractivity contribution in [2.45, 2.75) is 44.5 Å². The minimum absolute atomic E-state index is 0.0220. The van der Waals surface area contributed by atoms with Crippen molar-refractivity contribution in [1.82, 2.24) is 29.8 Å². The molecular formula is C21H24N6O4S2. The number of thioether (sulfide) groups is 1. The van der Waals surface area contributed by atoms with Gasteiger partial charge in [-0.3, -0.25) is 14.5 Å². The number of nitrogens with one attached hydrogen (secondary N) is 1. The van der Waals surface area contributed by atoms with Gasteiger partial charge in [0.05, 0.1) is 0 Å². The van der Waals surface area contributed by atoms with Crippen LogP contribution in [0, 0.1) is 6.92 Å². The van der Waals surface area contributed by atoms with Crippen molar-refractivity contribution >= 4 is 41.5 Å². The van der Waals surface area contributed by atoms with E-state index in [9.17, 15) is 19.5 Å². The van der Waals surface area contributed by atoms with Crippen LogP contribution >= 0.6 is 23.7 Å². The molecule has 2 aliphatic heterocycles. The molecule has 33 heavy (non-hydrogen) atoms. The third kappa shape index (κ3) is 4.49. The number of nitrogens with zero attached hydrogens (tertiary/aromatic N) is 5. The number of aromatic nitrogens is 4. The van der Waals surface area contributed by atoms with Crippen LogP contribution in [-0.2, 0) is 9.59 Å². The van der Waals surface area contributed by atoms with E-state index in [1.807, 2.05) is 18.2 Å². The van der Waals surface area contributed by atoms with Crippen molar-refractivity contribution in [1.29, 1.82) is 0 Å². The highest BCUT2D eigenvalue weighted by Gasteiger charge is 2.54. The number of aryl methyl sites for hydroxylation is 1. The number of aliphatic carboxylic acids is 1. The number of hydrogen-bond acceptors (Lipinski definition) is 8. The van der Waals surface area contributed by atoms with E-state index in [1.165, 1.54) is 32.7 Å². The van der Waals surface area contributed by atoms with Crippen LogP contribution < -0.4 is 5.32 Å². The molecular weight excluding hydrogens is 464 g/mol. The molecule has 3 heterocycles. The number of hydrogen-bond donors (Lipinski definition) is 2. The van der Waals surface area contributed by atoms with Gasteiger partial charge in [-0.2, -0.15) is 4.09 Å². The molecule has 174 valence electrons. The number of rotatable bonds is 8. The van der Waals surface area contributed by atoms with Crippen LogP contribution in [-0.4, -0.2) is 70.3 Å². The topological polar surface area (TPSA) is 130 Å². The van der Waals surface area contributed by atoms with Crippen molar-refractivity contribution < 1.29 is 19.5 Å². The fourth-order valence-corrected chi connectivity index (χ4v) is 6.02. The molecule has 4 rings (SSSR count). The fourth-order valence-electron chi connectivity index (χ4n) is 3.72. The molecule has 12 heteroatoms. The summed E-state index contributed by atoms with van der Waals surface area (Å²) in [6.45, 7) is 5.93. The summed E-state index contributed by atoms with van der Waals surface area (Å²) < 4.78 is 1.51. The number of amides is 2. The zero-order valence-corrected chi connectivity index (χ0v) is 20.0. The first kappa shape index (κ1) is 23.3. The number of carbonyl (C=O) groups is 3. The lowest BCUT2D eigenvalue weighted by Crippen LogP contribution is -2.70. The highest BCUT2D eigenvalue weighted by atomic mass is 32.2. The van der Waals surface area contributed by atoms with E-state index in [-0.39, 0.29) is 11.6 Å². The Kier molecular flexibility index (Phi) is 6.75. The summed E-state index contributed by atoms with van der Waals surface area (Å²) in [5.41, 5.74) is 2.15. The zero-order chi connectivity index (χ0) is 23.7. The average Bonchev–Trinajstić information content (AvgIpc) is 3.24. The summed E-state index contributed by atoms with van der Waals surface area (Å²) in [6, 6.07) is 6.62. The van der Waals surface area contributed by atoms with Gasteiger partial charge in [0.1, 0.15) is 17.1 Å². The third-order valence-electron chi connectivity index (χ3n) is 5.82. The molecule has 1 aromatic heterocycles. The molecule has 10 nitrogen and oxygen atoms in total. The monoisotopic (exact) mass is 488 g/mol. The number of carboxylic acids is 1. The predicted octanol–water partition coefficient (Wildman–Crippen LogP) is 2.04. The molecule has 2 unspecified atom stereocenters. The quantitative estimate of drug-likeness (QED) is 0.536. The van der Waals surface area contributed by atoms with E-state index in [1.54, 1.807) is 13.0 Å². The van der Waals surface area contributed by atoms with Crippen LogP contribution in [0.3, 0.4) is 0 Å². The maximum Gasteiger partial charge on any atom is 0.352 e. The van der Waals surface area contributed by atoms with Gasteiger partial charge in [0.15, 0.2) is 5.82 Å². The Balaban J connectivity index is 1.47. The first-order chi connectivity index (χ1) is 15.8. The molecule has 2 aliphatic rings. The zero-order valence-electron chi connectivity index (χ0n) is 18.4. The van der Waals surface area contributed by atoms with Gasteiger partial charge in [-0.1, -0.05) is 26.0 Å². The third-order valence-corrected chi connectivity index (χ3v) is 8.21. The Hall–Kier alpha value is -2.86. The maximum absolute atomic E-state index is 12.9. The second kappa shape index (κ2) is 9.56. The minimum atomic E-state index is -1.16. The molecule has 0 aliphatic carbocycles. The standard InChI is InChI=1S/C21H24N6O4S2/c1-4-11(2)13-6-5-7-14(8-13)18(28)22-16-19(29)26-17(21(30)31)15(9-32-20(16)26)10-33-27-12(3)23-24-25-27/h5-8,11,16,20H,4,9-10H2,1-3H3,(H,22,28)(H,30,31)/t11?,16?,20-/m1/s1. The van der Waals surface area contributed by atoms with Crippen molar-refractivity contribution in [2.75, 3.05) is 11.5 Å². The van der Waals surface area contributed by atoms with Gasteiger partial charge in [0.25, 0.3) is 11.8 Å². The lowest BCUT2D eigenvalue weighted by Gasteiger charge is -2.49. The van der Waals surface area contributed by atoms with Crippen molar-refractivity contribution in [3.05, 3.63) is 52.5 Å². The number of benzene rings is 1. The van der Waals surface area contributed by atoms with Crippen LogP contribution in [0.1, 0.15) is 47.9 Å². The molecule has 1 fully saturated rings. The molecule has 2 aromatic rings. The van der Waals surface area contributed by atoms with Gasteiger partial charge in [-0.15, -0.1) is 16.9 Å². The van der Waals surface area contributed by atoms with Crippen molar-refractivity contribution in [3.63, 3.8) is 0 Å². The van der Waals surface area contributed by atoms with E-state index in [4.69, 9.17) is 0 Å². The summed E-state index contributed by atoms with van der Waals surface area (Å²) in [4.78, 5) is 39.0.